The Morgan fingerprint density at radius 1 is 1.11 bits per heavy atom. The fraction of sp³-hybridized carbons (Fsp3) is 0.667. The maximum absolute atomic E-state index is 13.2. The fourth-order valence-corrected chi connectivity index (χ4v) is 6.36. The molecule has 27 heavy (non-hydrogen) atoms. The number of piperidine rings is 1. The molecule has 3 heterocycles. The molecule has 1 saturated carbocycles. The van der Waals surface area contributed by atoms with E-state index < -0.39 is 5.79 Å². The van der Waals surface area contributed by atoms with E-state index in [0.717, 1.165) is 30.7 Å². The number of rotatable bonds is 2. The van der Waals surface area contributed by atoms with Gasteiger partial charge < -0.3 is 9.47 Å². The van der Waals surface area contributed by atoms with Crippen LogP contribution in [0.15, 0.2) is 35.2 Å². The molecule has 6 atom stereocenters. The normalized spacial score (nSPS) is 44.4. The highest BCUT2D eigenvalue weighted by Crippen LogP contribution is 2.53. The van der Waals surface area contributed by atoms with Crippen LogP contribution in [0.3, 0.4) is 0 Å². The molecule has 4 fully saturated rings. The third kappa shape index (κ3) is 2.88. The van der Waals surface area contributed by atoms with Gasteiger partial charge in [-0.1, -0.05) is 24.6 Å². The number of hydrogen-bond donors (Lipinski definition) is 0. The lowest BCUT2D eigenvalue weighted by atomic mass is 9.75. The Morgan fingerprint density at radius 2 is 1.85 bits per heavy atom. The van der Waals surface area contributed by atoms with Gasteiger partial charge in [-0.05, 0) is 38.8 Å². The van der Waals surface area contributed by atoms with E-state index in [0.29, 0.717) is 12.2 Å². The first-order chi connectivity index (χ1) is 13.1. The van der Waals surface area contributed by atoms with Crippen LogP contribution in [0.5, 0.6) is 0 Å². The molecular formula is C21H27NO4S. The van der Waals surface area contributed by atoms with E-state index in [1.165, 1.54) is 0 Å². The predicted octanol–water partition coefficient (Wildman–Crippen LogP) is 3.42. The third-order valence-electron chi connectivity index (χ3n) is 6.51. The van der Waals surface area contributed by atoms with Crippen LogP contribution in [0, 0.1) is 5.92 Å². The quantitative estimate of drug-likeness (QED) is 0.772. The number of nitrogens with zero attached hydrogens (tertiary/aromatic N) is 1. The zero-order valence-corrected chi connectivity index (χ0v) is 16.7. The lowest BCUT2D eigenvalue weighted by Gasteiger charge is -2.44. The number of thioether (sulfide) groups is 1. The highest BCUT2D eigenvalue weighted by molar-refractivity contribution is 8.00. The first-order valence-corrected chi connectivity index (χ1v) is 11.0. The van der Waals surface area contributed by atoms with Crippen molar-refractivity contribution in [3.63, 3.8) is 0 Å². The van der Waals surface area contributed by atoms with E-state index in [2.05, 4.69) is 31.0 Å². The Morgan fingerprint density at radius 3 is 2.59 bits per heavy atom. The van der Waals surface area contributed by atoms with Gasteiger partial charge in [0.05, 0.1) is 23.4 Å². The molecular weight excluding hydrogens is 362 g/mol. The molecule has 0 radical (unpaired) electrons. The molecule has 0 N–H and O–H groups in total. The van der Waals surface area contributed by atoms with E-state index in [1.54, 1.807) is 11.8 Å². The molecule has 5 nitrogen and oxygen atoms in total. The van der Waals surface area contributed by atoms with Crippen molar-refractivity contribution < 1.29 is 19.1 Å². The van der Waals surface area contributed by atoms with Crippen LogP contribution in [0.1, 0.15) is 39.5 Å². The molecule has 1 spiro atoms. The molecule has 2 unspecified atom stereocenters. The SMILES string of the molecule is CC1OC2(OC1C)[C@@H](Sc1ccccc1)CC(=O)[C@@H]1[C@H]3CCCCN3O[C@@H]12. The van der Waals surface area contributed by atoms with Crippen LogP contribution in [0.25, 0.3) is 0 Å². The van der Waals surface area contributed by atoms with Gasteiger partial charge in [-0.2, -0.15) is 5.06 Å². The van der Waals surface area contributed by atoms with Crippen molar-refractivity contribution in [1.82, 2.24) is 5.06 Å². The number of fused-ring (bicyclic) bond motifs is 4. The number of ketones is 1. The Kier molecular flexibility index (Phi) is 4.60. The number of ether oxygens (including phenoxy) is 2. The highest BCUT2D eigenvalue weighted by Gasteiger charge is 2.67. The van der Waals surface area contributed by atoms with Crippen LogP contribution in [-0.4, -0.2) is 52.8 Å². The second-order valence-electron chi connectivity index (χ2n) is 8.21. The van der Waals surface area contributed by atoms with Gasteiger partial charge in [-0.15, -0.1) is 11.8 Å². The molecule has 1 aliphatic carbocycles. The van der Waals surface area contributed by atoms with Crippen molar-refractivity contribution in [2.45, 2.75) is 79.8 Å². The fourth-order valence-electron chi connectivity index (χ4n) is 5.06. The monoisotopic (exact) mass is 389 g/mol. The van der Waals surface area contributed by atoms with Crippen molar-refractivity contribution >= 4 is 17.5 Å². The minimum Gasteiger partial charge on any atom is -0.341 e. The number of hydrogen-bond acceptors (Lipinski definition) is 6. The first-order valence-electron chi connectivity index (χ1n) is 10.1. The molecule has 1 aromatic carbocycles. The lowest BCUT2D eigenvalue weighted by Crippen LogP contribution is -2.61. The second-order valence-corrected chi connectivity index (χ2v) is 9.49. The smallest absolute Gasteiger partial charge is 0.211 e. The minimum absolute atomic E-state index is 0.0149. The average Bonchev–Trinajstić information content (AvgIpc) is 3.20. The van der Waals surface area contributed by atoms with Crippen LogP contribution in [0.4, 0.5) is 0 Å². The van der Waals surface area contributed by atoms with Crippen molar-refractivity contribution in [3.8, 4) is 0 Å². The summed E-state index contributed by atoms with van der Waals surface area (Å²) < 4.78 is 13.0. The maximum atomic E-state index is 13.2. The molecule has 5 rings (SSSR count). The van der Waals surface area contributed by atoms with Crippen LogP contribution in [-0.2, 0) is 19.1 Å². The summed E-state index contributed by atoms with van der Waals surface area (Å²) in [7, 11) is 0. The van der Waals surface area contributed by atoms with Crippen molar-refractivity contribution in [2.24, 2.45) is 5.92 Å². The Hall–Kier alpha value is -0.920. The molecule has 3 aliphatic heterocycles. The van der Waals surface area contributed by atoms with Crippen molar-refractivity contribution in [3.05, 3.63) is 30.3 Å². The van der Waals surface area contributed by atoms with Crippen LogP contribution >= 0.6 is 11.8 Å². The van der Waals surface area contributed by atoms with Gasteiger partial charge in [0, 0.05) is 23.9 Å². The maximum Gasteiger partial charge on any atom is 0.211 e. The van der Waals surface area contributed by atoms with Gasteiger partial charge in [0.2, 0.25) is 5.79 Å². The Balaban J connectivity index is 1.52. The van der Waals surface area contributed by atoms with Crippen molar-refractivity contribution in [2.75, 3.05) is 6.54 Å². The zero-order valence-electron chi connectivity index (χ0n) is 15.9. The van der Waals surface area contributed by atoms with Gasteiger partial charge in [-0.3, -0.25) is 9.63 Å². The summed E-state index contributed by atoms with van der Waals surface area (Å²) in [6.45, 7) is 5.00. The molecule has 4 aliphatic rings. The molecule has 6 heteroatoms. The summed E-state index contributed by atoms with van der Waals surface area (Å²) in [5.41, 5.74) is 0. The van der Waals surface area contributed by atoms with E-state index >= 15 is 0 Å². The number of benzene rings is 1. The second kappa shape index (κ2) is 6.85. The molecule has 0 bridgehead atoms. The number of hydroxylamine groups is 2. The van der Waals surface area contributed by atoms with E-state index in [9.17, 15) is 4.79 Å². The summed E-state index contributed by atoms with van der Waals surface area (Å²) in [5, 5.41) is 1.94. The number of carbonyl (C=O) groups is 1. The standard InChI is InChI=1S/C21H27NO4S/c1-13-14(2)25-21(24-13)18(27-15-8-4-3-5-9-15)12-17(23)19-16-10-6-7-11-22(16)26-20(19)21/h3-5,8-9,13-14,16,18-20H,6-7,10-12H2,1-2H3/t13?,14?,16-,18+,19+,20+,21?/m1/s1. The topological polar surface area (TPSA) is 48.0 Å². The summed E-state index contributed by atoms with van der Waals surface area (Å²) in [5.74, 6) is -0.710. The van der Waals surface area contributed by atoms with Crippen LogP contribution < -0.4 is 0 Å². The highest BCUT2D eigenvalue weighted by atomic mass is 32.2. The third-order valence-corrected chi connectivity index (χ3v) is 7.84. The molecule has 0 aromatic heterocycles. The molecule has 3 saturated heterocycles. The van der Waals surface area contributed by atoms with Crippen molar-refractivity contribution in [1.29, 1.82) is 0 Å². The average molecular weight is 390 g/mol. The molecule has 0 amide bonds. The number of carbonyl (C=O) groups excluding carboxylic acids is 1. The van der Waals surface area contributed by atoms with E-state index in [4.69, 9.17) is 14.3 Å². The van der Waals surface area contributed by atoms with Gasteiger partial charge in [-0.25, -0.2) is 0 Å². The summed E-state index contributed by atoms with van der Waals surface area (Å²) in [6, 6.07) is 10.4. The van der Waals surface area contributed by atoms with Crippen LogP contribution in [0.2, 0.25) is 0 Å². The Labute approximate surface area is 164 Å². The zero-order chi connectivity index (χ0) is 18.6. The first kappa shape index (κ1) is 18.1. The van der Waals surface area contributed by atoms with E-state index in [1.807, 2.05) is 18.2 Å². The van der Waals surface area contributed by atoms with Gasteiger partial charge in [0.1, 0.15) is 11.9 Å². The summed E-state index contributed by atoms with van der Waals surface area (Å²) in [6.07, 6.45) is 3.38. The summed E-state index contributed by atoms with van der Waals surface area (Å²) >= 11 is 1.68. The molecule has 146 valence electrons. The number of Topliss-reactive ketones (excluding diaryl/α,β-unsaturated/α-hetero) is 1. The molecule has 1 aromatic rings. The minimum atomic E-state index is -0.866. The lowest BCUT2D eigenvalue weighted by molar-refractivity contribution is -0.289. The van der Waals surface area contributed by atoms with E-state index in [-0.39, 0.29) is 35.5 Å². The summed E-state index contributed by atoms with van der Waals surface area (Å²) in [4.78, 5) is 20.7. The predicted molar refractivity (Wildman–Crippen MR) is 102 cm³/mol. The van der Waals surface area contributed by atoms with Gasteiger partial charge in [0.25, 0.3) is 0 Å². The largest absolute Gasteiger partial charge is 0.341 e. The van der Waals surface area contributed by atoms with Gasteiger partial charge >= 0.3 is 0 Å². The van der Waals surface area contributed by atoms with Gasteiger partial charge in [0.15, 0.2) is 0 Å². The Bertz CT molecular complexity index is 703.